The quantitative estimate of drug-likeness (QED) is 0.0946. The second-order valence-corrected chi connectivity index (χ2v) is 10.7. The zero-order chi connectivity index (χ0) is 33.4. The van der Waals surface area contributed by atoms with Crippen LogP contribution in [0.15, 0.2) is 78.9 Å². The number of unbranched alkanes of at least 4 members (excludes halogenated alkanes) is 2. The van der Waals surface area contributed by atoms with Crippen molar-refractivity contribution in [2.24, 2.45) is 5.73 Å². The third-order valence-electron chi connectivity index (χ3n) is 7.54. The lowest BCUT2D eigenvalue weighted by Crippen LogP contribution is -2.54. The van der Waals surface area contributed by atoms with Gasteiger partial charge in [0.25, 0.3) is 11.8 Å². The van der Waals surface area contributed by atoms with Crippen LogP contribution in [0.3, 0.4) is 0 Å². The SMILES string of the molecule is CCCCC(O)C(=O)NN(CC(=O)NCCCCOC(c1ccccc1)(c1ccc(OC)cc1)c1ccc(OC)cc1)C(=O)CN. The van der Waals surface area contributed by atoms with E-state index in [9.17, 15) is 19.5 Å². The zero-order valence-electron chi connectivity index (χ0n) is 26.9. The van der Waals surface area contributed by atoms with Gasteiger partial charge in [0.2, 0.25) is 5.91 Å². The van der Waals surface area contributed by atoms with Gasteiger partial charge in [-0.25, -0.2) is 5.01 Å². The summed E-state index contributed by atoms with van der Waals surface area (Å²) in [7, 11) is 3.25. The number of ether oxygens (including phenoxy) is 3. The molecule has 11 heteroatoms. The summed E-state index contributed by atoms with van der Waals surface area (Å²) in [6.45, 7) is 1.80. The fourth-order valence-corrected chi connectivity index (χ4v) is 4.99. The second kappa shape index (κ2) is 18.5. The Kier molecular flexibility index (Phi) is 14.5. The number of benzene rings is 3. The molecule has 0 radical (unpaired) electrons. The number of hydrazine groups is 1. The van der Waals surface area contributed by atoms with E-state index in [4.69, 9.17) is 19.9 Å². The first-order valence-electron chi connectivity index (χ1n) is 15.5. The first-order valence-corrected chi connectivity index (χ1v) is 15.5. The van der Waals surface area contributed by atoms with E-state index in [2.05, 4.69) is 10.7 Å². The minimum absolute atomic E-state index is 0.254. The highest BCUT2D eigenvalue weighted by molar-refractivity contribution is 5.89. The molecule has 1 unspecified atom stereocenters. The maximum Gasteiger partial charge on any atom is 0.267 e. The standard InChI is InChI=1S/C35H46N4O7/c1-4-5-13-31(40)34(43)38-39(33(42)24-36)25-32(41)37-22-9-10-23-46-35(26-11-7-6-8-12-26,27-14-18-29(44-2)19-15-27)28-16-20-30(45-3)21-17-28/h6-8,11-12,14-21,31,40H,4-5,9-10,13,22-25,36H2,1-3H3,(H,37,41)(H,38,43). The first-order chi connectivity index (χ1) is 22.3. The summed E-state index contributed by atoms with van der Waals surface area (Å²) in [5, 5.41) is 13.6. The molecular formula is C35H46N4O7. The number of nitrogens with two attached hydrogens (primary N) is 1. The van der Waals surface area contributed by atoms with Crippen molar-refractivity contribution in [3.8, 4) is 11.5 Å². The van der Waals surface area contributed by atoms with Crippen LogP contribution in [-0.4, -0.2) is 74.4 Å². The molecule has 11 nitrogen and oxygen atoms in total. The van der Waals surface area contributed by atoms with E-state index in [1.165, 1.54) is 0 Å². The van der Waals surface area contributed by atoms with Gasteiger partial charge in [-0.15, -0.1) is 0 Å². The molecule has 0 aliphatic rings. The number of carbonyl (C=O) groups is 3. The Morgan fingerprint density at radius 1 is 0.848 bits per heavy atom. The number of hydrogen-bond acceptors (Lipinski definition) is 8. The Morgan fingerprint density at radius 3 is 1.93 bits per heavy atom. The fraction of sp³-hybridized carbons (Fsp3) is 0.400. The lowest BCUT2D eigenvalue weighted by molar-refractivity contribution is -0.147. The van der Waals surface area contributed by atoms with Crippen LogP contribution in [0.25, 0.3) is 0 Å². The highest BCUT2D eigenvalue weighted by Crippen LogP contribution is 2.41. The van der Waals surface area contributed by atoms with Gasteiger partial charge in [0.1, 0.15) is 29.7 Å². The summed E-state index contributed by atoms with van der Waals surface area (Å²) in [6.07, 6.45) is 1.64. The second-order valence-electron chi connectivity index (χ2n) is 10.7. The summed E-state index contributed by atoms with van der Waals surface area (Å²) in [5.74, 6) is -0.406. The van der Waals surface area contributed by atoms with Gasteiger partial charge in [-0.05, 0) is 60.2 Å². The normalized spacial score (nSPS) is 11.8. The monoisotopic (exact) mass is 634 g/mol. The van der Waals surface area contributed by atoms with Crippen molar-refractivity contribution in [2.45, 2.75) is 50.7 Å². The summed E-state index contributed by atoms with van der Waals surface area (Å²) < 4.78 is 17.6. The van der Waals surface area contributed by atoms with Crippen LogP contribution in [0, 0.1) is 0 Å². The number of carbonyl (C=O) groups excluding carboxylic acids is 3. The van der Waals surface area contributed by atoms with Crippen LogP contribution < -0.4 is 25.9 Å². The Hall–Kier alpha value is -4.45. The predicted molar refractivity (Wildman–Crippen MR) is 175 cm³/mol. The number of nitrogens with zero attached hydrogens (tertiary/aromatic N) is 1. The van der Waals surface area contributed by atoms with Crippen LogP contribution in [-0.2, 0) is 24.7 Å². The Morgan fingerprint density at radius 2 is 1.41 bits per heavy atom. The molecule has 0 saturated heterocycles. The average molecular weight is 635 g/mol. The molecule has 5 N–H and O–H groups in total. The Bertz CT molecular complexity index is 1320. The molecule has 0 fully saturated rings. The van der Waals surface area contributed by atoms with E-state index < -0.39 is 42.5 Å². The Labute approximate surface area is 271 Å². The van der Waals surface area contributed by atoms with Crippen LogP contribution in [0.4, 0.5) is 0 Å². The highest BCUT2D eigenvalue weighted by Gasteiger charge is 2.37. The van der Waals surface area contributed by atoms with E-state index in [-0.39, 0.29) is 6.42 Å². The number of amides is 3. The number of aliphatic hydroxyl groups excluding tert-OH is 1. The summed E-state index contributed by atoms with van der Waals surface area (Å²) in [5.41, 5.74) is 9.63. The predicted octanol–water partition coefficient (Wildman–Crippen LogP) is 3.28. The molecule has 0 bridgehead atoms. The van der Waals surface area contributed by atoms with Gasteiger partial charge in [-0.3, -0.25) is 19.8 Å². The number of rotatable bonds is 18. The van der Waals surface area contributed by atoms with Gasteiger partial charge in [0.05, 0.1) is 20.8 Å². The maximum absolute atomic E-state index is 12.6. The minimum Gasteiger partial charge on any atom is -0.497 e. The van der Waals surface area contributed by atoms with Gasteiger partial charge < -0.3 is 30.4 Å². The van der Waals surface area contributed by atoms with E-state index in [0.29, 0.717) is 32.4 Å². The molecule has 248 valence electrons. The molecule has 0 aromatic heterocycles. The van der Waals surface area contributed by atoms with Gasteiger partial charge in [0.15, 0.2) is 0 Å². The number of aliphatic hydroxyl groups is 1. The van der Waals surface area contributed by atoms with Crippen LogP contribution in [0.2, 0.25) is 0 Å². The molecule has 0 aliphatic carbocycles. The van der Waals surface area contributed by atoms with Crippen molar-refractivity contribution in [3.63, 3.8) is 0 Å². The topological polar surface area (TPSA) is 152 Å². The van der Waals surface area contributed by atoms with Gasteiger partial charge in [-0.2, -0.15) is 0 Å². The van der Waals surface area contributed by atoms with Crippen molar-refractivity contribution < 1.29 is 33.7 Å². The smallest absolute Gasteiger partial charge is 0.267 e. The van der Waals surface area contributed by atoms with Crippen molar-refractivity contribution >= 4 is 17.7 Å². The van der Waals surface area contributed by atoms with Gasteiger partial charge >= 0.3 is 0 Å². The van der Waals surface area contributed by atoms with Crippen molar-refractivity contribution in [2.75, 3.05) is 40.5 Å². The molecule has 0 spiro atoms. The average Bonchev–Trinajstić information content (AvgIpc) is 3.10. The Balaban J connectivity index is 1.67. The minimum atomic E-state index is -1.28. The molecule has 3 amide bonds. The van der Waals surface area contributed by atoms with Crippen molar-refractivity contribution in [1.29, 1.82) is 0 Å². The molecule has 0 aliphatic heterocycles. The fourth-order valence-electron chi connectivity index (χ4n) is 4.99. The first kappa shape index (κ1) is 36.0. The van der Waals surface area contributed by atoms with E-state index in [1.54, 1.807) is 14.2 Å². The number of hydrogen-bond donors (Lipinski definition) is 4. The van der Waals surface area contributed by atoms with Crippen molar-refractivity contribution in [3.05, 3.63) is 95.6 Å². The summed E-state index contributed by atoms with van der Waals surface area (Å²) in [4.78, 5) is 37.2. The molecule has 1 atom stereocenters. The largest absolute Gasteiger partial charge is 0.497 e. The van der Waals surface area contributed by atoms with E-state index in [0.717, 1.165) is 39.6 Å². The summed E-state index contributed by atoms with van der Waals surface area (Å²) in [6, 6.07) is 25.6. The molecule has 3 rings (SSSR count). The lowest BCUT2D eigenvalue weighted by Gasteiger charge is -2.36. The van der Waals surface area contributed by atoms with Crippen LogP contribution >= 0.6 is 0 Å². The van der Waals surface area contributed by atoms with E-state index >= 15 is 0 Å². The molecular weight excluding hydrogens is 588 g/mol. The number of nitrogens with one attached hydrogen (secondary N) is 2. The molecule has 0 heterocycles. The lowest BCUT2D eigenvalue weighted by atomic mass is 9.80. The third kappa shape index (κ3) is 9.77. The maximum atomic E-state index is 12.6. The molecule has 3 aromatic carbocycles. The molecule has 3 aromatic rings. The third-order valence-corrected chi connectivity index (χ3v) is 7.54. The number of methoxy groups -OCH3 is 2. The van der Waals surface area contributed by atoms with Gasteiger partial charge in [-0.1, -0.05) is 74.4 Å². The van der Waals surface area contributed by atoms with Crippen molar-refractivity contribution in [1.82, 2.24) is 15.8 Å². The van der Waals surface area contributed by atoms with E-state index in [1.807, 2.05) is 85.8 Å². The highest BCUT2D eigenvalue weighted by atomic mass is 16.5. The van der Waals surface area contributed by atoms with Crippen LogP contribution in [0.1, 0.15) is 55.7 Å². The van der Waals surface area contributed by atoms with Gasteiger partial charge in [0, 0.05) is 13.2 Å². The zero-order valence-corrected chi connectivity index (χ0v) is 26.9. The molecule has 0 saturated carbocycles. The van der Waals surface area contributed by atoms with Crippen LogP contribution in [0.5, 0.6) is 11.5 Å². The summed E-state index contributed by atoms with van der Waals surface area (Å²) >= 11 is 0. The molecule has 46 heavy (non-hydrogen) atoms.